The maximum absolute atomic E-state index is 11.8. The van der Waals surface area contributed by atoms with E-state index in [2.05, 4.69) is 5.32 Å². The average Bonchev–Trinajstić information content (AvgIpc) is 2.30. The summed E-state index contributed by atoms with van der Waals surface area (Å²) in [6, 6.07) is 8.15. The van der Waals surface area contributed by atoms with Crippen LogP contribution in [0.3, 0.4) is 0 Å². The zero-order valence-corrected chi connectivity index (χ0v) is 10.8. The summed E-state index contributed by atoms with van der Waals surface area (Å²) >= 11 is 0. The molecular weight excluding hydrogens is 236 g/mol. The minimum Gasteiger partial charge on any atom is -0.369 e. The first-order chi connectivity index (χ1) is 7.65. The minimum atomic E-state index is -0.459. The lowest BCUT2D eigenvalue weighted by Crippen LogP contribution is -2.48. The van der Waals surface area contributed by atoms with Crippen LogP contribution in [0.4, 0.5) is 0 Å². The van der Waals surface area contributed by atoms with Crippen molar-refractivity contribution in [3.05, 3.63) is 35.4 Å². The van der Waals surface area contributed by atoms with Gasteiger partial charge in [0.15, 0.2) is 0 Å². The molecule has 3 N–H and O–H groups in total. The van der Waals surface area contributed by atoms with Crippen LogP contribution in [0.1, 0.15) is 24.0 Å². The van der Waals surface area contributed by atoms with Crippen LogP contribution in [-0.4, -0.2) is 19.0 Å². The fourth-order valence-corrected chi connectivity index (χ4v) is 2.40. The average molecular weight is 255 g/mol. The van der Waals surface area contributed by atoms with Gasteiger partial charge in [0, 0.05) is 0 Å². The number of hydrogen-bond acceptors (Lipinski definition) is 2. The van der Waals surface area contributed by atoms with Gasteiger partial charge in [0.05, 0.1) is 5.41 Å². The van der Waals surface area contributed by atoms with Gasteiger partial charge in [0.25, 0.3) is 0 Å². The van der Waals surface area contributed by atoms with Gasteiger partial charge in [0.2, 0.25) is 5.91 Å². The lowest BCUT2D eigenvalue weighted by atomic mass is 9.72. The topological polar surface area (TPSA) is 55.1 Å². The molecule has 1 aromatic carbocycles. The fraction of sp³-hybridized carbons (Fsp3) is 0.462. The summed E-state index contributed by atoms with van der Waals surface area (Å²) in [6.45, 7) is 3.76. The number of hydrogen-bond donors (Lipinski definition) is 2. The molecule has 0 atom stereocenters. The predicted octanol–water partition coefficient (Wildman–Crippen LogP) is 1.52. The first kappa shape index (κ1) is 14.0. The lowest BCUT2D eigenvalue weighted by Gasteiger charge is -2.35. The molecule has 1 aliphatic heterocycles. The number of piperidine rings is 1. The molecule has 0 aromatic heterocycles. The number of benzene rings is 1. The second kappa shape index (κ2) is 5.52. The molecule has 1 aromatic rings. The Balaban J connectivity index is 0.00000144. The Bertz CT molecular complexity index is 383. The molecule has 3 nitrogen and oxygen atoms in total. The summed E-state index contributed by atoms with van der Waals surface area (Å²) in [5, 5.41) is 3.27. The molecule has 1 aliphatic rings. The monoisotopic (exact) mass is 254 g/mol. The van der Waals surface area contributed by atoms with Crippen LogP contribution < -0.4 is 11.1 Å². The largest absolute Gasteiger partial charge is 0.369 e. The quantitative estimate of drug-likeness (QED) is 0.841. The third-order valence-electron chi connectivity index (χ3n) is 3.53. The van der Waals surface area contributed by atoms with Gasteiger partial charge >= 0.3 is 0 Å². The molecule has 1 saturated heterocycles. The second-order valence-electron chi connectivity index (χ2n) is 4.56. The number of rotatable bonds is 2. The predicted molar refractivity (Wildman–Crippen MR) is 71.4 cm³/mol. The molecule has 1 amide bonds. The fourth-order valence-electron chi connectivity index (χ4n) is 2.40. The summed E-state index contributed by atoms with van der Waals surface area (Å²) in [6.07, 6.45) is 1.59. The van der Waals surface area contributed by atoms with Gasteiger partial charge in [0.1, 0.15) is 0 Å². The second-order valence-corrected chi connectivity index (χ2v) is 4.56. The first-order valence-electron chi connectivity index (χ1n) is 5.73. The van der Waals surface area contributed by atoms with Crippen LogP contribution in [-0.2, 0) is 10.2 Å². The van der Waals surface area contributed by atoms with Crippen molar-refractivity contribution in [3.8, 4) is 0 Å². The highest BCUT2D eigenvalue weighted by Crippen LogP contribution is 2.33. The molecule has 0 radical (unpaired) electrons. The Morgan fingerprint density at radius 3 is 2.24 bits per heavy atom. The van der Waals surface area contributed by atoms with Crippen LogP contribution in [0.2, 0.25) is 0 Å². The van der Waals surface area contributed by atoms with E-state index in [9.17, 15) is 4.79 Å². The van der Waals surface area contributed by atoms with Crippen LogP contribution in [0.25, 0.3) is 0 Å². The van der Waals surface area contributed by atoms with Crippen molar-refractivity contribution in [1.82, 2.24) is 5.32 Å². The molecule has 1 heterocycles. The molecule has 2 rings (SSSR count). The van der Waals surface area contributed by atoms with E-state index in [1.54, 1.807) is 0 Å². The van der Waals surface area contributed by atoms with Crippen molar-refractivity contribution in [2.75, 3.05) is 13.1 Å². The highest BCUT2D eigenvalue weighted by atomic mass is 35.5. The molecule has 0 spiro atoms. The van der Waals surface area contributed by atoms with Crippen molar-refractivity contribution >= 4 is 18.3 Å². The zero-order valence-electron chi connectivity index (χ0n) is 10.0. The standard InChI is InChI=1S/C13H18N2O.ClH/c1-10-2-4-11(5-3-10)13(12(14)16)6-8-15-9-7-13;/h2-5,15H,6-9H2,1H3,(H2,14,16);1H. The Labute approximate surface area is 108 Å². The molecule has 0 bridgehead atoms. The lowest BCUT2D eigenvalue weighted by molar-refractivity contribution is -0.124. The number of primary amides is 1. The summed E-state index contributed by atoms with van der Waals surface area (Å²) in [4.78, 5) is 11.8. The first-order valence-corrected chi connectivity index (χ1v) is 5.73. The van der Waals surface area contributed by atoms with Crippen molar-refractivity contribution in [2.24, 2.45) is 5.73 Å². The minimum absolute atomic E-state index is 0. The Hall–Kier alpha value is -1.06. The van der Waals surface area contributed by atoms with E-state index in [0.29, 0.717) is 0 Å². The van der Waals surface area contributed by atoms with Crippen molar-refractivity contribution < 1.29 is 4.79 Å². The van der Waals surface area contributed by atoms with Gasteiger partial charge in [-0.05, 0) is 38.4 Å². The van der Waals surface area contributed by atoms with E-state index in [1.165, 1.54) is 5.56 Å². The van der Waals surface area contributed by atoms with Gasteiger partial charge in [-0.25, -0.2) is 0 Å². The van der Waals surface area contributed by atoms with E-state index >= 15 is 0 Å². The summed E-state index contributed by atoms with van der Waals surface area (Å²) in [5.74, 6) is -0.196. The van der Waals surface area contributed by atoms with Crippen LogP contribution in [0.15, 0.2) is 24.3 Å². The Morgan fingerprint density at radius 2 is 1.76 bits per heavy atom. The third kappa shape index (κ3) is 2.61. The Morgan fingerprint density at radius 1 is 1.24 bits per heavy atom. The van der Waals surface area contributed by atoms with E-state index in [0.717, 1.165) is 31.5 Å². The number of nitrogens with one attached hydrogen (secondary N) is 1. The highest BCUT2D eigenvalue weighted by molar-refractivity contribution is 5.87. The van der Waals surface area contributed by atoms with E-state index in [4.69, 9.17) is 5.73 Å². The van der Waals surface area contributed by atoms with Gasteiger partial charge in [-0.2, -0.15) is 0 Å². The normalized spacial score (nSPS) is 18.2. The van der Waals surface area contributed by atoms with Crippen molar-refractivity contribution in [1.29, 1.82) is 0 Å². The number of carbonyl (C=O) groups is 1. The molecular formula is C13H19ClN2O. The van der Waals surface area contributed by atoms with Crippen LogP contribution in [0, 0.1) is 6.92 Å². The van der Waals surface area contributed by atoms with E-state index in [1.807, 2.05) is 31.2 Å². The third-order valence-corrected chi connectivity index (χ3v) is 3.53. The molecule has 17 heavy (non-hydrogen) atoms. The molecule has 4 heteroatoms. The molecule has 0 aliphatic carbocycles. The molecule has 0 saturated carbocycles. The van der Waals surface area contributed by atoms with Crippen molar-refractivity contribution in [3.63, 3.8) is 0 Å². The highest BCUT2D eigenvalue weighted by Gasteiger charge is 2.39. The summed E-state index contributed by atoms with van der Waals surface area (Å²) in [5.41, 5.74) is 7.41. The Kier molecular flexibility index (Phi) is 4.54. The number of halogens is 1. The summed E-state index contributed by atoms with van der Waals surface area (Å²) in [7, 11) is 0. The van der Waals surface area contributed by atoms with Crippen molar-refractivity contribution in [2.45, 2.75) is 25.2 Å². The number of carbonyl (C=O) groups excluding carboxylic acids is 1. The maximum atomic E-state index is 11.8. The van der Waals surface area contributed by atoms with Gasteiger partial charge in [-0.15, -0.1) is 12.4 Å². The van der Waals surface area contributed by atoms with Gasteiger partial charge < -0.3 is 11.1 Å². The van der Waals surface area contributed by atoms with E-state index < -0.39 is 5.41 Å². The van der Waals surface area contributed by atoms with E-state index in [-0.39, 0.29) is 18.3 Å². The van der Waals surface area contributed by atoms with Crippen LogP contribution >= 0.6 is 12.4 Å². The maximum Gasteiger partial charge on any atom is 0.228 e. The van der Waals surface area contributed by atoms with Crippen LogP contribution in [0.5, 0.6) is 0 Å². The SMILES string of the molecule is Cc1ccc(C2(C(N)=O)CCNCC2)cc1.Cl. The number of aryl methyl sites for hydroxylation is 1. The molecule has 1 fully saturated rings. The van der Waals surface area contributed by atoms with Gasteiger partial charge in [-0.3, -0.25) is 4.79 Å². The smallest absolute Gasteiger partial charge is 0.228 e. The number of nitrogens with two attached hydrogens (primary N) is 1. The van der Waals surface area contributed by atoms with Gasteiger partial charge in [-0.1, -0.05) is 29.8 Å². The zero-order chi connectivity index (χ0) is 11.6. The molecule has 0 unspecified atom stereocenters. The summed E-state index contributed by atoms with van der Waals surface area (Å²) < 4.78 is 0. The number of amides is 1. The molecule has 94 valence electrons.